The van der Waals surface area contributed by atoms with Gasteiger partial charge in [-0.3, -0.25) is 4.79 Å². The number of hydrazone groups is 1. The van der Waals surface area contributed by atoms with Crippen LogP contribution in [0, 0.1) is 19.8 Å². The van der Waals surface area contributed by atoms with Crippen molar-refractivity contribution >= 4 is 11.6 Å². The van der Waals surface area contributed by atoms with E-state index < -0.39 is 30.3 Å². The monoisotopic (exact) mass is 384 g/mol. The Morgan fingerprint density at radius 2 is 1.93 bits per heavy atom. The first-order chi connectivity index (χ1) is 12.6. The van der Waals surface area contributed by atoms with Gasteiger partial charge in [-0.05, 0) is 56.4 Å². The van der Waals surface area contributed by atoms with Crippen LogP contribution in [0.3, 0.4) is 0 Å². The van der Waals surface area contributed by atoms with Crippen molar-refractivity contribution in [1.82, 2.24) is 5.01 Å². The molecular formula is C19H23F3N2O3. The second-order valence-corrected chi connectivity index (χ2v) is 7.28. The average Bonchev–Trinajstić information content (AvgIpc) is 2.71. The predicted molar refractivity (Wildman–Crippen MR) is 93.3 cm³/mol. The number of halogens is 3. The van der Waals surface area contributed by atoms with Gasteiger partial charge >= 0.3 is 6.18 Å². The number of carbonyl (C=O) groups is 1. The van der Waals surface area contributed by atoms with Gasteiger partial charge in [-0.25, -0.2) is 0 Å². The maximum absolute atomic E-state index is 13.8. The summed E-state index contributed by atoms with van der Waals surface area (Å²) in [6.45, 7) is 3.07. The van der Waals surface area contributed by atoms with Gasteiger partial charge in [0.05, 0.1) is 5.92 Å². The number of carbonyl (C=O) groups excluding carboxylic acids is 1. The van der Waals surface area contributed by atoms with Crippen LogP contribution in [0.25, 0.3) is 0 Å². The van der Waals surface area contributed by atoms with E-state index in [0.717, 1.165) is 17.5 Å². The number of amides is 1. The van der Waals surface area contributed by atoms with E-state index in [1.54, 1.807) is 12.1 Å². The zero-order valence-corrected chi connectivity index (χ0v) is 15.3. The number of nitrogens with zero attached hydrogens (tertiary/aromatic N) is 2. The van der Waals surface area contributed by atoms with Crippen molar-refractivity contribution in [2.75, 3.05) is 6.61 Å². The normalized spacial score (nSPS) is 25.6. The van der Waals surface area contributed by atoms with Crippen LogP contribution in [0.15, 0.2) is 23.3 Å². The molecule has 1 amide bonds. The van der Waals surface area contributed by atoms with Crippen LogP contribution < -0.4 is 4.74 Å². The number of rotatable bonds is 3. The Labute approximate surface area is 155 Å². The highest BCUT2D eigenvalue weighted by molar-refractivity contribution is 5.93. The maximum Gasteiger partial charge on any atom is 0.439 e. The highest BCUT2D eigenvalue weighted by Crippen LogP contribution is 2.47. The number of alkyl halides is 3. The van der Waals surface area contributed by atoms with Gasteiger partial charge in [0.2, 0.25) is 0 Å². The molecule has 1 aromatic rings. The summed E-state index contributed by atoms with van der Waals surface area (Å²) in [6.07, 6.45) is -2.47. The maximum atomic E-state index is 13.8. The lowest BCUT2D eigenvalue weighted by Gasteiger charge is -2.37. The molecule has 0 bridgehead atoms. The molecule has 1 aromatic carbocycles. The van der Waals surface area contributed by atoms with Crippen molar-refractivity contribution in [1.29, 1.82) is 0 Å². The average molecular weight is 384 g/mol. The number of fused-ring (bicyclic) bond motifs is 1. The minimum atomic E-state index is -5.01. The molecular weight excluding hydrogens is 361 g/mol. The van der Waals surface area contributed by atoms with Gasteiger partial charge in [0, 0.05) is 5.71 Å². The molecule has 8 heteroatoms. The third-order valence-corrected chi connectivity index (χ3v) is 5.08. The Morgan fingerprint density at radius 1 is 1.26 bits per heavy atom. The van der Waals surface area contributed by atoms with Crippen LogP contribution >= 0.6 is 0 Å². The molecule has 1 fully saturated rings. The lowest BCUT2D eigenvalue weighted by Crippen LogP contribution is -2.61. The fourth-order valence-electron chi connectivity index (χ4n) is 3.86. The second-order valence-electron chi connectivity index (χ2n) is 7.28. The van der Waals surface area contributed by atoms with Crippen LogP contribution in [0.5, 0.6) is 5.75 Å². The largest absolute Gasteiger partial charge is 0.484 e. The lowest BCUT2D eigenvalue weighted by atomic mass is 9.87. The molecule has 3 rings (SSSR count). The zero-order chi connectivity index (χ0) is 19.8. The van der Waals surface area contributed by atoms with E-state index in [1.807, 2.05) is 19.9 Å². The molecule has 1 aliphatic heterocycles. The number of aliphatic hydroxyl groups is 1. The summed E-state index contributed by atoms with van der Waals surface area (Å²) < 4.78 is 46.7. The highest BCUT2D eigenvalue weighted by atomic mass is 19.4. The van der Waals surface area contributed by atoms with Gasteiger partial charge in [-0.2, -0.15) is 23.3 Å². The van der Waals surface area contributed by atoms with Crippen LogP contribution in [0.1, 0.15) is 43.2 Å². The third kappa shape index (κ3) is 3.67. The molecule has 0 unspecified atom stereocenters. The van der Waals surface area contributed by atoms with Crippen molar-refractivity contribution in [2.24, 2.45) is 11.0 Å². The second kappa shape index (κ2) is 7.14. The molecule has 148 valence electrons. The van der Waals surface area contributed by atoms with Gasteiger partial charge in [0.15, 0.2) is 6.61 Å². The molecule has 0 radical (unpaired) electrons. The quantitative estimate of drug-likeness (QED) is 0.864. The summed E-state index contributed by atoms with van der Waals surface area (Å²) >= 11 is 0. The van der Waals surface area contributed by atoms with E-state index in [0.29, 0.717) is 25.0 Å². The lowest BCUT2D eigenvalue weighted by molar-refractivity contribution is -0.317. The van der Waals surface area contributed by atoms with Gasteiger partial charge in [-0.15, -0.1) is 0 Å². The Morgan fingerprint density at radius 3 is 2.56 bits per heavy atom. The van der Waals surface area contributed by atoms with E-state index in [9.17, 15) is 23.1 Å². The first-order valence-corrected chi connectivity index (χ1v) is 9.03. The minimum Gasteiger partial charge on any atom is -0.484 e. The summed E-state index contributed by atoms with van der Waals surface area (Å²) in [5.74, 6) is -1.85. The first kappa shape index (κ1) is 19.7. The van der Waals surface area contributed by atoms with Crippen LogP contribution in [-0.4, -0.2) is 40.2 Å². The fourth-order valence-corrected chi connectivity index (χ4v) is 3.86. The molecule has 5 nitrogen and oxygen atoms in total. The molecule has 0 spiro atoms. The van der Waals surface area contributed by atoms with Gasteiger partial charge in [0.1, 0.15) is 5.75 Å². The van der Waals surface area contributed by atoms with Crippen molar-refractivity contribution in [3.63, 3.8) is 0 Å². The minimum absolute atomic E-state index is 0.149. The van der Waals surface area contributed by atoms with Crippen molar-refractivity contribution in [2.45, 2.75) is 57.9 Å². The van der Waals surface area contributed by atoms with Crippen LogP contribution in [0.4, 0.5) is 13.2 Å². The Bertz CT molecular complexity index is 743. The topological polar surface area (TPSA) is 62.1 Å². The SMILES string of the molecule is Cc1cc(C)cc(OCC(=O)N2N=C3CCCCC[C@@H]3[C@]2(O)C(F)(F)F)c1. The standard InChI is InChI=1S/C19H23F3N2O3/c1-12-8-13(2)10-14(9-12)27-11-17(25)24-18(26,19(20,21)22)15-6-4-3-5-7-16(15)23-24/h8-10,15,26H,3-7,11H2,1-2H3/t15-,18-/m0/s1. The summed E-state index contributed by atoms with van der Waals surface area (Å²) in [5.41, 5.74) is -1.25. The van der Waals surface area contributed by atoms with Crippen LogP contribution in [0.2, 0.25) is 0 Å². The predicted octanol–water partition coefficient (Wildman–Crippen LogP) is 3.71. The Hall–Kier alpha value is -2.09. The van der Waals surface area contributed by atoms with Crippen LogP contribution in [-0.2, 0) is 4.79 Å². The smallest absolute Gasteiger partial charge is 0.439 e. The van der Waals surface area contributed by atoms with Gasteiger partial charge in [-0.1, -0.05) is 18.9 Å². The number of hydrogen-bond donors (Lipinski definition) is 1. The number of benzene rings is 1. The summed E-state index contributed by atoms with van der Waals surface area (Å²) in [7, 11) is 0. The van der Waals surface area contributed by atoms with E-state index in [2.05, 4.69) is 5.10 Å². The Kier molecular flexibility index (Phi) is 5.20. The highest BCUT2D eigenvalue weighted by Gasteiger charge is 2.68. The van der Waals surface area contributed by atoms with E-state index in [4.69, 9.17) is 4.74 Å². The van der Waals surface area contributed by atoms with Gasteiger partial charge < -0.3 is 9.84 Å². The van der Waals surface area contributed by atoms with E-state index in [-0.39, 0.29) is 17.1 Å². The number of ether oxygens (including phenoxy) is 1. The summed E-state index contributed by atoms with van der Waals surface area (Å²) in [4.78, 5) is 12.5. The van der Waals surface area contributed by atoms with Crippen molar-refractivity contribution < 1.29 is 27.8 Å². The summed E-state index contributed by atoms with van der Waals surface area (Å²) in [6, 6.07) is 5.29. The molecule has 1 N–H and O–H groups in total. The Balaban J connectivity index is 1.83. The van der Waals surface area contributed by atoms with E-state index in [1.165, 1.54) is 0 Å². The van der Waals surface area contributed by atoms with E-state index >= 15 is 0 Å². The number of hydrogen-bond acceptors (Lipinski definition) is 4. The molecule has 0 aromatic heterocycles. The zero-order valence-electron chi connectivity index (χ0n) is 15.3. The molecule has 27 heavy (non-hydrogen) atoms. The van der Waals surface area contributed by atoms with Crippen molar-refractivity contribution in [3.8, 4) is 5.75 Å². The van der Waals surface area contributed by atoms with Crippen molar-refractivity contribution in [3.05, 3.63) is 29.3 Å². The first-order valence-electron chi connectivity index (χ1n) is 9.03. The fraction of sp³-hybridized carbons (Fsp3) is 0.579. The number of aryl methyl sites for hydroxylation is 2. The molecule has 2 atom stereocenters. The summed E-state index contributed by atoms with van der Waals surface area (Å²) in [5, 5.41) is 14.7. The molecule has 1 heterocycles. The molecule has 1 aliphatic carbocycles. The molecule has 0 saturated heterocycles. The van der Waals surface area contributed by atoms with Gasteiger partial charge in [0.25, 0.3) is 11.6 Å². The molecule has 2 aliphatic rings. The molecule has 1 saturated carbocycles. The third-order valence-electron chi connectivity index (χ3n) is 5.08.